The summed E-state index contributed by atoms with van der Waals surface area (Å²) >= 11 is 1.55. The lowest BCUT2D eigenvalue weighted by molar-refractivity contribution is -0.116. The van der Waals surface area contributed by atoms with Gasteiger partial charge in [0.25, 0.3) is 0 Å². The second-order valence-electron chi connectivity index (χ2n) is 5.61. The molecular formula is C18H21N5O2S. The number of carbonyl (C=O) groups is 1. The standard InChI is InChI=1S/C18H21N5O2S/c1-3-23(4-2)15-8-7-13(12-19-15)20-16(24)9-10-17-21-18(22-25-17)14-6-5-11-26-14/h5-8,11-12H,3-4,9-10H2,1-2H3,(H,20,24). The van der Waals surface area contributed by atoms with Gasteiger partial charge in [0.05, 0.1) is 16.8 Å². The van der Waals surface area contributed by atoms with E-state index in [4.69, 9.17) is 4.52 Å². The van der Waals surface area contributed by atoms with Crippen LogP contribution in [0.1, 0.15) is 26.2 Å². The fourth-order valence-corrected chi connectivity index (χ4v) is 3.15. The van der Waals surface area contributed by atoms with Crippen molar-refractivity contribution in [1.29, 1.82) is 0 Å². The van der Waals surface area contributed by atoms with Crippen LogP contribution >= 0.6 is 11.3 Å². The number of pyridine rings is 1. The van der Waals surface area contributed by atoms with Gasteiger partial charge in [0.2, 0.25) is 17.6 Å². The Balaban J connectivity index is 1.51. The first-order chi connectivity index (χ1) is 12.7. The minimum Gasteiger partial charge on any atom is -0.357 e. The lowest BCUT2D eigenvalue weighted by Gasteiger charge is -2.19. The number of aromatic nitrogens is 3. The molecule has 3 heterocycles. The van der Waals surface area contributed by atoms with E-state index in [1.807, 2.05) is 29.6 Å². The van der Waals surface area contributed by atoms with Crippen LogP contribution in [-0.2, 0) is 11.2 Å². The van der Waals surface area contributed by atoms with Crippen LogP contribution in [0.15, 0.2) is 40.4 Å². The predicted molar refractivity (Wildman–Crippen MR) is 102 cm³/mol. The van der Waals surface area contributed by atoms with E-state index in [2.05, 4.69) is 39.2 Å². The van der Waals surface area contributed by atoms with Gasteiger partial charge in [0, 0.05) is 25.9 Å². The summed E-state index contributed by atoms with van der Waals surface area (Å²) in [7, 11) is 0. The van der Waals surface area contributed by atoms with E-state index in [1.165, 1.54) is 0 Å². The van der Waals surface area contributed by atoms with E-state index in [9.17, 15) is 4.79 Å². The lowest BCUT2D eigenvalue weighted by Crippen LogP contribution is -2.22. The number of hydrogen-bond donors (Lipinski definition) is 1. The van der Waals surface area contributed by atoms with Gasteiger partial charge in [-0.3, -0.25) is 4.79 Å². The van der Waals surface area contributed by atoms with Crippen LogP contribution in [0.3, 0.4) is 0 Å². The molecule has 0 aliphatic heterocycles. The third-order valence-electron chi connectivity index (χ3n) is 3.89. The first-order valence-corrected chi connectivity index (χ1v) is 9.45. The number of rotatable bonds is 8. The van der Waals surface area contributed by atoms with Crippen molar-refractivity contribution < 1.29 is 9.32 Å². The van der Waals surface area contributed by atoms with Gasteiger partial charge in [0.1, 0.15) is 5.82 Å². The van der Waals surface area contributed by atoms with Crippen LogP contribution in [0.2, 0.25) is 0 Å². The topological polar surface area (TPSA) is 84.2 Å². The van der Waals surface area contributed by atoms with Crippen molar-refractivity contribution in [2.24, 2.45) is 0 Å². The van der Waals surface area contributed by atoms with Crippen LogP contribution in [0.25, 0.3) is 10.7 Å². The normalized spacial score (nSPS) is 10.7. The number of nitrogens with one attached hydrogen (secondary N) is 1. The van der Waals surface area contributed by atoms with Crippen molar-refractivity contribution in [3.8, 4) is 10.7 Å². The second kappa shape index (κ2) is 8.57. The zero-order valence-electron chi connectivity index (χ0n) is 14.8. The Kier molecular flexibility index (Phi) is 5.96. The lowest BCUT2D eigenvalue weighted by atomic mass is 10.3. The fourth-order valence-electron chi connectivity index (χ4n) is 2.50. The van der Waals surface area contributed by atoms with E-state index in [0.717, 1.165) is 23.8 Å². The Morgan fingerprint density at radius 3 is 2.77 bits per heavy atom. The Labute approximate surface area is 156 Å². The zero-order valence-corrected chi connectivity index (χ0v) is 15.6. The van der Waals surface area contributed by atoms with Gasteiger partial charge in [-0.15, -0.1) is 11.3 Å². The van der Waals surface area contributed by atoms with Crippen LogP contribution in [0.5, 0.6) is 0 Å². The summed E-state index contributed by atoms with van der Waals surface area (Å²) in [5.74, 6) is 1.81. The van der Waals surface area contributed by atoms with Gasteiger partial charge in [-0.2, -0.15) is 4.98 Å². The summed E-state index contributed by atoms with van der Waals surface area (Å²) < 4.78 is 5.20. The Bertz CT molecular complexity index is 826. The van der Waals surface area contributed by atoms with Crippen LogP contribution in [-0.4, -0.2) is 34.1 Å². The van der Waals surface area contributed by atoms with Gasteiger partial charge in [-0.1, -0.05) is 11.2 Å². The molecule has 8 heteroatoms. The number of amides is 1. The number of aryl methyl sites for hydroxylation is 1. The highest BCUT2D eigenvalue weighted by Gasteiger charge is 2.12. The molecule has 3 aromatic heterocycles. The number of anilines is 2. The highest BCUT2D eigenvalue weighted by atomic mass is 32.1. The predicted octanol–water partition coefficient (Wildman–Crippen LogP) is 3.61. The Morgan fingerprint density at radius 1 is 1.27 bits per heavy atom. The minimum absolute atomic E-state index is 0.113. The number of hydrogen-bond acceptors (Lipinski definition) is 7. The molecule has 0 fully saturated rings. The van der Waals surface area contributed by atoms with Crippen molar-refractivity contribution >= 4 is 28.7 Å². The minimum atomic E-state index is -0.113. The van der Waals surface area contributed by atoms with Gasteiger partial charge >= 0.3 is 0 Å². The molecule has 1 N–H and O–H groups in total. The Morgan fingerprint density at radius 2 is 2.12 bits per heavy atom. The average Bonchev–Trinajstić information content (AvgIpc) is 3.34. The number of thiophene rings is 1. The second-order valence-corrected chi connectivity index (χ2v) is 6.56. The van der Waals surface area contributed by atoms with Gasteiger partial charge in [0.15, 0.2) is 0 Å². The van der Waals surface area contributed by atoms with Crippen LogP contribution in [0.4, 0.5) is 11.5 Å². The molecule has 136 valence electrons. The van der Waals surface area contributed by atoms with Crippen LogP contribution < -0.4 is 10.2 Å². The van der Waals surface area contributed by atoms with Crippen molar-refractivity contribution in [1.82, 2.24) is 15.1 Å². The zero-order chi connectivity index (χ0) is 18.4. The molecular weight excluding hydrogens is 350 g/mol. The third-order valence-corrected chi connectivity index (χ3v) is 4.76. The van der Waals surface area contributed by atoms with E-state index < -0.39 is 0 Å². The summed E-state index contributed by atoms with van der Waals surface area (Å²) in [4.78, 5) is 23.9. The average molecular weight is 371 g/mol. The molecule has 1 amide bonds. The quantitative estimate of drug-likeness (QED) is 0.651. The van der Waals surface area contributed by atoms with Gasteiger partial charge < -0.3 is 14.7 Å². The van der Waals surface area contributed by atoms with Crippen molar-refractivity contribution in [2.45, 2.75) is 26.7 Å². The highest BCUT2D eigenvalue weighted by molar-refractivity contribution is 7.13. The van der Waals surface area contributed by atoms with Crippen molar-refractivity contribution in [3.05, 3.63) is 41.7 Å². The van der Waals surface area contributed by atoms with E-state index >= 15 is 0 Å². The largest absolute Gasteiger partial charge is 0.357 e. The molecule has 3 rings (SSSR count). The molecule has 0 radical (unpaired) electrons. The molecule has 0 saturated heterocycles. The third kappa shape index (κ3) is 4.45. The summed E-state index contributed by atoms with van der Waals surface area (Å²) in [6.45, 7) is 5.96. The summed E-state index contributed by atoms with van der Waals surface area (Å²) in [6.07, 6.45) is 2.34. The molecule has 0 aliphatic rings. The molecule has 0 spiro atoms. The monoisotopic (exact) mass is 371 g/mol. The van der Waals surface area contributed by atoms with E-state index in [-0.39, 0.29) is 12.3 Å². The van der Waals surface area contributed by atoms with Crippen molar-refractivity contribution in [2.75, 3.05) is 23.3 Å². The SMILES string of the molecule is CCN(CC)c1ccc(NC(=O)CCc2nc(-c3cccs3)no2)cn1. The molecule has 0 bridgehead atoms. The highest BCUT2D eigenvalue weighted by Crippen LogP contribution is 2.21. The van der Waals surface area contributed by atoms with Gasteiger partial charge in [-0.25, -0.2) is 4.98 Å². The van der Waals surface area contributed by atoms with Crippen molar-refractivity contribution in [3.63, 3.8) is 0 Å². The first-order valence-electron chi connectivity index (χ1n) is 8.57. The van der Waals surface area contributed by atoms with E-state index in [1.54, 1.807) is 17.5 Å². The first kappa shape index (κ1) is 18.1. The molecule has 7 nitrogen and oxygen atoms in total. The number of carbonyl (C=O) groups excluding carboxylic acids is 1. The van der Waals surface area contributed by atoms with E-state index in [0.29, 0.717) is 23.8 Å². The summed E-state index contributed by atoms with van der Waals surface area (Å²) in [6, 6.07) is 7.64. The smallest absolute Gasteiger partial charge is 0.227 e. The van der Waals surface area contributed by atoms with Gasteiger partial charge in [-0.05, 0) is 37.4 Å². The maximum atomic E-state index is 12.1. The molecule has 0 unspecified atom stereocenters. The maximum Gasteiger partial charge on any atom is 0.227 e. The Hall–Kier alpha value is -2.74. The molecule has 3 aromatic rings. The molecule has 0 atom stereocenters. The molecule has 0 aromatic carbocycles. The molecule has 0 saturated carbocycles. The maximum absolute atomic E-state index is 12.1. The van der Waals surface area contributed by atoms with Crippen LogP contribution in [0, 0.1) is 0 Å². The molecule has 26 heavy (non-hydrogen) atoms. The summed E-state index contributed by atoms with van der Waals surface area (Å²) in [5, 5.41) is 8.74. The fraction of sp³-hybridized carbons (Fsp3) is 0.333. The molecule has 0 aliphatic carbocycles. The number of nitrogens with zero attached hydrogens (tertiary/aromatic N) is 4. The summed E-state index contributed by atoms with van der Waals surface area (Å²) in [5.41, 5.74) is 0.677.